The quantitative estimate of drug-likeness (QED) is 0.775. The van der Waals surface area contributed by atoms with E-state index in [0.717, 1.165) is 54.2 Å². The van der Waals surface area contributed by atoms with Crippen molar-refractivity contribution in [2.75, 3.05) is 26.4 Å². The van der Waals surface area contributed by atoms with Gasteiger partial charge >= 0.3 is 0 Å². The van der Waals surface area contributed by atoms with Crippen molar-refractivity contribution >= 4 is 5.91 Å². The van der Waals surface area contributed by atoms with Gasteiger partial charge in [-0.15, -0.1) is 0 Å². The predicted molar refractivity (Wildman–Crippen MR) is 107 cm³/mol. The first kappa shape index (κ1) is 18.7. The number of benzene rings is 2. The van der Waals surface area contributed by atoms with E-state index < -0.39 is 0 Å². The molecule has 2 heterocycles. The van der Waals surface area contributed by atoms with Crippen LogP contribution in [-0.4, -0.2) is 37.2 Å². The van der Waals surface area contributed by atoms with E-state index in [0.29, 0.717) is 26.2 Å². The van der Waals surface area contributed by atoms with Gasteiger partial charge in [-0.1, -0.05) is 24.3 Å². The lowest BCUT2D eigenvalue weighted by atomic mass is 10.0. The molecule has 1 amide bonds. The Labute approximate surface area is 166 Å². The average Bonchev–Trinajstić information content (AvgIpc) is 3.08. The predicted octanol–water partition coefficient (Wildman–Crippen LogP) is 4.29. The highest BCUT2D eigenvalue weighted by molar-refractivity contribution is 5.77. The number of para-hydroxylation sites is 1. The largest absolute Gasteiger partial charge is 0.493 e. The Morgan fingerprint density at radius 3 is 2.79 bits per heavy atom. The zero-order chi connectivity index (χ0) is 19.3. The Hall–Kier alpha value is -2.69. The van der Waals surface area contributed by atoms with Gasteiger partial charge in [-0.05, 0) is 49.1 Å². The van der Waals surface area contributed by atoms with Crippen molar-refractivity contribution in [1.82, 2.24) is 4.90 Å². The van der Waals surface area contributed by atoms with Crippen molar-refractivity contribution in [1.29, 1.82) is 0 Å². The van der Waals surface area contributed by atoms with Crippen LogP contribution in [0.3, 0.4) is 0 Å². The van der Waals surface area contributed by atoms with Crippen molar-refractivity contribution in [2.24, 2.45) is 0 Å². The minimum atomic E-state index is 0.100. The van der Waals surface area contributed by atoms with E-state index in [2.05, 4.69) is 6.07 Å². The Kier molecular flexibility index (Phi) is 5.70. The molecule has 2 aliphatic rings. The summed E-state index contributed by atoms with van der Waals surface area (Å²) in [6.45, 7) is 4.55. The van der Waals surface area contributed by atoms with Gasteiger partial charge in [-0.2, -0.15) is 0 Å². The number of carbonyl (C=O) groups is 1. The van der Waals surface area contributed by atoms with Gasteiger partial charge in [-0.25, -0.2) is 0 Å². The molecule has 5 heteroatoms. The average molecular weight is 381 g/mol. The molecule has 0 aliphatic carbocycles. The van der Waals surface area contributed by atoms with Crippen LogP contribution in [0.15, 0.2) is 42.5 Å². The van der Waals surface area contributed by atoms with Crippen LogP contribution in [0.2, 0.25) is 0 Å². The topological polar surface area (TPSA) is 48.0 Å². The van der Waals surface area contributed by atoms with Crippen LogP contribution in [0.25, 0.3) is 0 Å². The summed E-state index contributed by atoms with van der Waals surface area (Å²) in [6, 6.07) is 14.1. The first-order chi connectivity index (χ1) is 13.7. The molecule has 4 rings (SSSR count). The van der Waals surface area contributed by atoms with Gasteiger partial charge in [0.2, 0.25) is 5.91 Å². The van der Waals surface area contributed by atoms with Crippen molar-refractivity contribution in [3.63, 3.8) is 0 Å². The molecule has 28 heavy (non-hydrogen) atoms. The number of likely N-dealkylation sites (tertiary alicyclic amines) is 1. The number of aryl methyl sites for hydroxylation is 1. The zero-order valence-electron chi connectivity index (χ0n) is 16.4. The summed E-state index contributed by atoms with van der Waals surface area (Å²) < 4.78 is 17.4. The van der Waals surface area contributed by atoms with Crippen LogP contribution in [0.5, 0.6) is 17.2 Å². The molecular formula is C23H27NO4. The second-order valence-corrected chi connectivity index (χ2v) is 7.37. The van der Waals surface area contributed by atoms with Crippen LogP contribution in [-0.2, 0) is 4.79 Å². The molecule has 1 atom stereocenters. The maximum Gasteiger partial charge on any atom is 0.226 e. The smallest absolute Gasteiger partial charge is 0.226 e. The lowest BCUT2D eigenvalue weighted by Gasteiger charge is -2.26. The molecule has 2 aromatic carbocycles. The highest BCUT2D eigenvalue weighted by Crippen LogP contribution is 2.38. The van der Waals surface area contributed by atoms with E-state index in [9.17, 15) is 4.79 Å². The van der Waals surface area contributed by atoms with Crippen LogP contribution in [0.4, 0.5) is 0 Å². The Morgan fingerprint density at radius 1 is 1.11 bits per heavy atom. The van der Waals surface area contributed by atoms with Crippen molar-refractivity contribution in [3.8, 4) is 17.2 Å². The number of ether oxygens (including phenoxy) is 3. The first-order valence-electron chi connectivity index (χ1n) is 10.1. The third-order valence-electron chi connectivity index (χ3n) is 5.40. The molecule has 0 radical (unpaired) electrons. The van der Waals surface area contributed by atoms with Crippen molar-refractivity contribution in [3.05, 3.63) is 53.6 Å². The molecular weight excluding hydrogens is 354 g/mol. The lowest BCUT2D eigenvalue weighted by molar-refractivity contribution is -0.132. The van der Waals surface area contributed by atoms with Crippen LogP contribution in [0.1, 0.15) is 42.9 Å². The Bertz CT molecular complexity index is 835. The Balaban J connectivity index is 1.39. The van der Waals surface area contributed by atoms with E-state index in [1.807, 2.05) is 48.2 Å². The molecule has 0 N–H and O–H groups in total. The molecule has 2 aliphatic heterocycles. The third kappa shape index (κ3) is 4.08. The monoisotopic (exact) mass is 381 g/mol. The maximum atomic E-state index is 12.8. The number of hydrogen-bond donors (Lipinski definition) is 0. The van der Waals surface area contributed by atoms with Crippen molar-refractivity contribution < 1.29 is 19.0 Å². The van der Waals surface area contributed by atoms with E-state index in [1.54, 1.807) is 0 Å². The molecule has 148 valence electrons. The Morgan fingerprint density at radius 2 is 1.93 bits per heavy atom. The molecule has 1 unspecified atom stereocenters. The van der Waals surface area contributed by atoms with Gasteiger partial charge in [0.25, 0.3) is 0 Å². The van der Waals surface area contributed by atoms with Crippen LogP contribution in [0, 0.1) is 6.92 Å². The molecule has 1 saturated heterocycles. The van der Waals surface area contributed by atoms with Gasteiger partial charge in [0.1, 0.15) is 5.75 Å². The molecule has 0 bridgehead atoms. The maximum absolute atomic E-state index is 12.8. The summed E-state index contributed by atoms with van der Waals surface area (Å²) >= 11 is 0. The normalized spacial score (nSPS) is 18.6. The molecule has 2 aromatic rings. The van der Waals surface area contributed by atoms with Gasteiger partial charge in [0, 0.05) is 13.0 Å². The van der Waals surface area contributed by atoms with Gasteiger partial charge in [0.05, 0.1) is 32.3 Å². The summed E-state index contributed by atoms with van der Waals surface area (Å²) in [5.74, 6) is 2.57. The summed E-state index contributed by atoms with van der Waals surface area (Å²) in [6.07, 6.45) is 3.27. The zero-order valence-corrected chi connectivity index (χ0v) is 16.4. The SMILES string of the molecule is Cc1ccccc1OCCC(=O)N1CCCC1c1ccc2c(c1)OCCCO2. The summed E-state index contributed by atoms with van der Waals surface area (Å²) in [5, 5.41) is 0. The van der Waals surface area contributed by atoms with Gasteiger partial charge in [-0.3, -0.25) is 4.79 Å². The number of hydrogen-bond acceptors (Lipinski definition) is 4. The summed E-state index contributed by atoms with van der Waals surface area (Å²) in [5.41, 5.74) is 2.20. The summed E-state index contributed by atoms with van der Waals surface area (Å²) in [4.78, 5) is 14.8. The van der Waals surface area contributed by atoms with E-state index in [4.69, 9.17) is 14.2 Å². The van der Waals surface area contributed by atoms with Crippen molar-refractivity contribution in [2.45, 2.75) is 38.6 Å². The number of fused-ring (bicyclic) bond motifs is 1. The molecule has 1 fully saturated rings. The molecule has 0 saturated carbocycles. The number of carbonyl (C=O) groups excluding carboxylic acids is 1. The highest BCUT2D eigenvalue weighted by Gasteiger charge is 2.30. The molecule has 0 spiro atoms. The number of amides is 1. The fourth-order valence-electron chi connectivity index (χ4n) is 3.91. The van der Waals surface area contributed by atoms with Crippen LogP contribution >= 0.6 is 0 Å². The number of rotatable bonds is 5. The van der Waals surface area contributed by atoms with Gasteiger partial charge in [0.15, 0.2) is 11.5 Å². The first-order valence-corrected chi connectivity index (χ1v) is 10.1. The van der Waals surface area contributed by atoms with E-state index >= 15 is 0 Å². The fourth-order valence-corrected chi connectivity index (χ4v) is 3.91. The van der Waals surface area contributed by atoms with E-state index in [1.165, 1.54) is 0 Å². The second-order valence-electron chi connectivity index (χ2n) is 7.37. The summed E-state index contributed by atoms with van der Waals surface area (Å²) in [7, 11) is 0. The standard InChI is InChI=1S/C23H27NO4/c1-17-6-2-3-8-20(17)28-15-11-23(25)24-12-4-7-19(24)18-9-10-21-22(16-18)27-14-5-13-26-21/h2-3,6,8-10,16,19H,4-5,7,11-15H2,1H3. The third-order valence-corrected chi connectivity index (χ3v) is 5.40. The second kappa shape index (κ2) is 8.55. The minimum Gasteiger partial charge on any atom is -0.493 e. The number of nitrogens with zero attached hydrogens (tertiary/aromatic N) is 1. The lowest BCUT2D eigenvalue weighted by Crippen LogP contribution is -2.31. The fraction of sp³-hybridized carbons (Fsp3) is 0.435. The molecule has 5 nitrogen and oxygen atoms in total. The van der Waals surface area contributed by atoms with Gasteiger partial charge < -0.3 is 19.1 Å². The highest BCUT2D eigenvalue weighted by atomic mass is 16.5. The minimum absolute atomic E-state index is 0.100. The van der Waals surface area contributed by atoms with Crippen LogP contribution < -0.4 is 14.2 Å². The molecule has 0 aromatic heterocycles. The van der Waals surface area contributed by atoms with E-state index in [-0.39, 0.29) is 11.9 Å².